The van der Waals surface area contributed by atoms with E-state index in [0.717, 1.165) is 5.92 Å². The van der Waals surface area contributed by atoms with Crippen molar-refractivity contribution >= 4 is 0 Å². The van der Waals surface area contributed by atoms with Gasteiger partial charge in [0.05, 0.1) is 0 Å². The Kier molecular flexibility index (Phi) is 0.868. The highest BCUT2D eigenvalue weighted by atomic mass is 14.3. The molecule has 0 heteroatoms. The van der Waals surface area contributed by atoms with E-state index in [9.17, 15) is 0 Å². The Labute approximate surface area is 39.6 Å². The molecule has 0 saturated heterocycles. The molecule has 0 aromatic heterocycles. The molecule has 1 radical (unpaired) electrons. The molecule has 1 saturated carbocycles. The highest BCUT2D eigenvalue weighted by Gasteiger charge is 2.24. The summed E-state index contributed by atoms with van der Waals surface area (Å²) in [5.74, 6) is 2.64. The molecule has 0 bridgehead atoms. The van der Waals surface area contributed by atoms with Gasteiger partial charge in [0.25, 0.3) is 0 Å². The van der Waals surface area contributed by atoms with Crippen molar-refractivity contribution in [2.24, 2.45) is 5.92 Å². The predicted molar refractivity (Wildman–Crippen MR) is 27.3 cm³/mol. The zero-order valence-corrected chi connectivity index (χ0v) is 4.49. The van der Waals surface area contributed by atoms with Crippen molar-refractivity contribution in [1.82, 2.24) is 0 Å². The van der Waals surface area contributed by atoms with Crippen LogP contribution in [0.5, 0.6) is 0 Å². The zero-order chi connectivity index (χ0) is 4.57. The minimum absolute atomic E-state index is 1.02. The fourth-order valence-electron chi connectivity index (χ4n) is 0.661. The Morgan fingerprint density at radius 2 is 1.83 bits per heavy atom. The van der Waals surface area contributed by atoms with Gasteiger partial charge in [-0.25, -0.2) is 0 Å². The van der Waals surface area contributed by atoms with Crippen molar-refractivity contribution in [2.45, 2.75) is 26.7 Å². The largest absolute Gasteiger partial charge is 0.0591 e. The van der Waals surface area contributed by atoms with E-state index in [1.807, 2.05) is 0 Å². The fraction of sp³-hybridized carbons (Fsp3) is 0.833. The van der Waals surface area contributed by atoms with Gasteiger partial charge in [-0.05, 0) is 24.7 Å². The molecular weight excluding hydrogens is 72.1 g/mol. The number of hydrogen-bond acceptors (Lipinski definition) is 0. The van der Waals surface area contributed by atoms with Crippen LogP contribution in [0.3, 0.4) is 0 Å². The van der Waals surface area contributed by atoms with Gasteiger partial charge in [0.15, 0.2) is 0 Å². The summed E-state index contributed by atoms with van der Waals surface area (Å²) in [5.41, 5.74) is 0. The molecule has 0 aliphatic heterocycles. The average Bonchev–Trinajstić information content (AvgIpc) is 2.06. The molecule has 0 nitrogen and oxygen atoms in total. The van der Waals surface area contributed by atoms with E-state index in [2.05, 4.69) is 13.8 Å². The third kappa shape index (κ3) is 0.735. The summed E-state index contributed by atoms with van der Waals surface area (Å²) in [6, 6.07) is 0. The van der Waals surface area contributed by atoms with Crippen molar-refractivity contribution in [3.8, 4) is 0 Å². The fourth-order valence-corrected chi connectivity index (χ4v) is 0.661. The number of hydrogen-bond donors (Lipinski definition) is 0. The van der Waals surface area contributed by atoms with Gasteiger partial charge < -0.3 is 0 Å². The average molecular weight is 83.2 g/mol. The molecule has 0 atom stereocenters. The highest BCUT2D eigenvalue weighted by molar-refractivity contribution is 4.95. The van der Waals surface area contributed by atoms with Crippen molar-refractivity contribution in [2.75, 3.05) is 0 Å². The summed E-state index contributed by atoms with van der Waals surface area (Å²) >= 11 is 0. The molecule has 35 valence electrons. The summed E-state index contributed by atoms with van der Waals surface area (Å²) in [5, 5.41) is 0. The van der Waals surface area contributed by atoms with Crippen LogP contribution in [-0.2, 0) is 0 Å². The van der Waals surface area contributed by atoms with Crippen LogP contribution in [0.1, 0.15) is 26.7 Å². The lowest BCUT2D eigenvalue weighted by Gasteiger charge is -1.93. The predicted octanol–water partition coefficient (Wildman–Crippen LogP) is 2.01. The monoisotopic (exact) mass is 83.1 g/mol. The molecule has 0 aromatic rings. The smallest absolute Gasteiger partial charge is 0.0272 e. The first-order valence-electron chi connectivity index (χ1n) is 2.61. The molecule has 1 aliphatic rings. The van der Waals surface area contributed by atoms with Gasteiger partial charge in [0, 0.05) is 0 Å². The summed E-state index contributed by atoms with van der Waals surface area (Å²) < 4.78 is 0. The van der Waals surface area contributed by atoms with Gasteiger partial charge in [-0.2, -0.15) is 0 Å². The molecule has 1 aliphatic carbocycles. The SMILES string of the molecule is C[C](C)C1CC1. The van der Waals surface area contributed by atoms with Crippen LogP contribution < -0.4 is 0 Å². The van der Waals surface area contributed by atoms with Gasteiger partial charge in [0.2, 0.25) is 0 Å². The normalized spacial score (nSPS) is 22.5. The van der Waals surface area contributed by atoms with Crippen molar-refractivity contribution in [1.29, 1.82) is 0 Å². The quantitative estimate of drug-likeness (QED) is 0.455. The van der Waals surface area contributed by atoms with Crippen LogP contribution in [0, 0.1) is 11.8 Å². The van der Waals surface area contributed by atoms with Crippen molar-refractivity contribution < 1.29 is 0 Å². The topological polar surface area (TPSA) is 0 Å². The van der Waals surface area contributed by atoms with Crippen LogP contribution in [-0.4, -0.2) is 0 Å². The molecule has 0 heterocycles. The van der Waals surface area contributed by atoms with E-state index < -0.39 is 0 Å². The second kappa shape index (κ2) is 1.25. The van der Waals surface area contributed by atoms with E-state index >= 15 is 0 Å². The Morgan fingerprint density at radius 1 is 1.33 bits per heavy atom. The van der Waals surface area contributed by atoms with Crippen molar-refractivity contribution in [3.63, 3.8) is 0 Å². The molecule has 0 spiro atoms. The summed E-state index contributed by atoms with van der Waals surface area (Å²) in [4.78, 5) is 0. The van der Waals surface area contributed by atoms with Crippen LogP contribution in [0.25, 0.3) is 0 Å². The minimum atomic E-state index is 1.02. The molecule has 0 aromatic carbocycles. The molecular formula is C6H11. The maximum absolute atomic E-state index is 2.22. The molecule has 0 amide bonds. The lowest BCUT2D eigenvalue weighted by atomic mass is 10.1. The molecule has 0 N–H and O–H groups in total. The molecule has 6 heavy (non-hydrogen) atoms. The van der Waals surface area contributed by atoms with Crippen LogP contribution in [0.4, 0.5) is 0 Å². The highest BCUT2D eigenvalue weighted by Crippen LogP contribution is 2.37. The standard InChI is InChI=1S/C6H11/c1-5(2)6-3-4-6/h6H,3-4H2,1-2H3. The number of rotatable bonds is 1. The van der Waals surface area contributed by atoms with Crippen LogP contribution >= 0.6 is 0 Å². The van der Waals surface area contributed by atoms with Gasteiger partial charge in [-0.3, -0.25) is 0 Å². The molecule has 1 fully saturated rings. The maximum atomic E-state index is 2.22. The Hall–Kier alpha value is 0. The Morgan fingerprint density at radius 3 is 1.83 bits per heavy atom. The van der Waals surface area contributed by atoms with Gasteiger partial charge >= 0.3 is 0 Å². The first kappa shape index (κ1) is 4.17. The van der Waals surface area contributed by atoms with E-state index in [-0.39, 0.29) is 0 Å². The van der Waals surface area contributed by atoms with Crippen LogP contribution in [0.2, 0.25) is 0 Å². The molecule has 0 unspecified atom stereocenters. The Bertz CT molecular complexity index is 42.0. The third-order valence-corrected chi connectivity index (χ3v) is 1.39. The van der Waals surface area contributed by atoms with E-state index in [4.69, 9.17) is 0 Å². The van der Waals surface area contributed by atoms with E-state index in [0.29, 0.717) is 0 Å². The van der Waals surface area contributed by atoms with Crippen LogP contribution in [0.15, 0.2) is 0 Å². The van der Waals surface area contributed by atoms with E-state index in [1.54, 1.807) is 5.92 Å². The Balaban J connectivity index is 2.13. The van der Waals surface area contributed by atoms with Crippen molar-refractivity contribution in [3.05, 3.63) is 5.92 Å². The first-order chi connectivity index (χ1) is 2.80. The second-order valence-corrected chi connectivity index (χ2v) is 2.35. The van der Waals surface area contributed by atoms with E-state index in [1.165, 1.54) is 12.8 Å². The third-order valence-electron chi connectivity index (χ3n) is 1.39. The van der Waals surface area contributed by atoms with Gasteiger partial charge in [0.1, 0.15) is 0 Å². The maximum Gasteiger partial charge on any atom is -0.0272 e. The van der Waals surface area contributed by atoms with Gasteiger partial charge in [-0.15, -0.1) is 0 Å². The second-order valence-electron chi connectivity index (χ2n) is 2.35. The summed E-state index contributed by atoms with van der Waals surface area (Å²) in [6.07, 6.45) is 2.92. The zero-order valence-electron chi connectivity index (χ0n) is 4.49. The lowest BCUT2D eigenvalue weighted by molar-refractivity contribution is 0.844. The summed E-state index contributed by atoms with van der Waals surface area (Å²) in [7, 11) is 0. The first-order valence-corrected chi connectivity index (χ1v) is 2.61. The summed E-state index contributed by atoms with van der Waals surface area (Å²) in [6.45, 7) is 4.44. The lowest BCUT2D eigenvalue weighted by Crippen LogP contribution is -1.82. The minimum Gasteiger partial charge on any atom is -0.0591 e. The van der Waals surface area contributed by atoms with Gasteiger partial charge in [-0.1, -0.05) is 13.8 Å². The molecule has 1 rings (SSSR count).